The number of hydrogen-bond donors (Lipinski definition) is 1. The summed E-state index contributed by atoms with van der Waals surface area (Å²) in [5, 5.41) is 2.73. The zero-order valence-electron chi connectivity index (χ0n) is 17.9. The number of carbonyl (C=O) groups excluding carboxylic acids is 2. The van der Waals surface area contributed by atoms with Gasteiger partial charge in [0.15, 0.2) is 0 Å². The highest BCUT2D eigenvalue weighted by molar-refractivity contribution is 5.91. The molecule has 0 aromatic heterocycles. The molecule has 7 nitrogen and oxygen atoms in total. The first kappa shape index (κ1) is 20.2. The van der Waals surface area contributed by atoms with Gasteiger partial charge in [-0.15, -0.1) is 0 Å². The molecule has 2 atom stereocenters. The standard InChI is InChI=1S/C23H28N4O3/c1-23-12-13-25(2)20(23)26(3)19-11-10-17(14-18(19)23)30-22(29)27(4)21(28)24-15-16-8-6-5-7-9-16/h5-11,14,20H,12-13,15H2,1-4H3,(H,24,28)/t20?,23-/m0/s1. The number of anilines is 1. The summed E-state index contributed by atoms with van der Waals surface area (Å²) in [6, 6.07) is 14.7. The van der Waals surface area contributed by atoms with Gasteiger partial charge in [0.05, 0.1) is 6.17 Å². The highest BCUT2D eigenvalue weighted by atomic mass is 16.6. The van der Waals surface area contributed by atoms with Gasteiger partial charge in [-0.3, -0.25) is 4.90 Å². The maximum Gasteiger partial charge on any atom is 0.423 e. The van der Waals surface area contributed by atoms with Crippen LogP contribution < -0.4 is 15.0 Å². The molecule has 3 amide bonds. The molecule has 2 heterocycles. The van der Waals surface area contributed by atoms with Crippen molar-refractivity contribution in [3.8, 4) is 5.75 Å². The van der Waals surface area contributed by atoms with Crippen LogP contribution in [0.5, 0.6) is 5.75 Å². The molecule has 158 valence electrons. The predicted molar refractivity (Wildman–Crippen MR) is 116 cm³/mol. The smallest absolute Gasteiger partial charge is 0.410 e. The molecule has 2 aliphatic heterocycles. The molecular formula is C23H28N4O3. The van der Waals surface area contributed by atoms with Crippen molar-refractivity contribution in [3.05, 3.63) is 59.7 Å². The first-order chi connectivity index (χ1) is 14.3. The molecule has 1 saturated heterocycles. The van der Waals surface area contributed by atoms with E-state index in [1.807, 2.05) is 42.5 Å². The summed E-state index contributed by atoms with van der Waals surface area (Å²) in [6.07, 6.45) is 0.632. The summed E-state index contributed by atoms with van der Waals surface area (Å²) in [5.41, 5.74) is 3.28. The third-order valence-electron chi connectivity index (χ3n) is 6.37. The lowest BCUT2D eigenvalue weighted by Gasteiger charge is -2.32. The van der Waals surface area contributed by atoms with Gasteiger partial charge >= 0.3 is 12.1 Å². The minimum Gasteiger partial charge on any atom is -0.410 e. The molecule has 2 aliphatic rings. The van der Waals surface area contributed by atoms with E-state index >= 15 is 0 Å². The normalized spacial score (nSPS) is 22.4. The van der Waals surface area contributed by atoms with Gasteiger partial charge < -0.3 is 15.0 Å². The van der Waals surface area contributed by atoms with Gasteiger partial charge in [0.1, 0.15) is 5.75 Å². The van der Waals surface area contributed by atoms with Crippen LogP contribution in [0.4, 0.5) is 15.3 Å². The second kappa shape index (κ2) is 7.65. The Balaban J connectivity index is 1.43. The average molecular weight is 409 g/mol. The lowest BCUT2D eigenvalue weighted by Crippen LogP contribution is -2.45. The van der Waals surface area contributed by atoms with E-state index in [1.165, 1.54) is 12.6 Å². The number of benzene rings is 2. The Kier molecular flexibility index (Phi) is 5.15. The molecule has 1 N–H and O–H groups in total. The van der Waals surface area contributed by atoms with Crippen molar-refractivity contribution in [2.24, 2.45) is 0 Å². The van der Waals surface area contributed by atoms with Gasteiger partial charge in [-0.05, 0) is 42.8 Å². The summed E-state index contributed by atoms with van der Waals surface area (Å²) in [5.74, 6) is 0.450. The highest BCUT2D eigenvalue weighted by Gasteiger charge is 2.52. The largest absolute Gasteiger partial charge is 0.423 e. The van der Waals surface area contributed by atoms with Crippen LogP contribution in [-0.2, 0) is 12.0 Å². The van der Waals surface area contributed by atoms with E-state index in [2.05, 4.69) is 36.1 Å². The van der Waals surface area contributed by atoms with E-state index in [0.717, 1.165) is 29.1 Å². The number of carbonyl (C=O) groups is 2. The number of fused-ring (bicyclic) bond motifs is 3. The Hall–Kier alpha value is -3.06. The molecule has 1 unspecified atom stereocenters. The summed E-state index contributed by atoms with van der Waals surface area (Å²) in [6.45, 7) is 3.63. The third-order valence-corrected chi connectivity index (χ3v) is 6.37. The number of likely N-dealkylation sites (N-methyl/N-ethyl adjacent to an activating group) is 2. The zero-order valence-corrected chi connectivity index (χ0v) is 17.9. The van der Waals surface area contributed by atoms with E-state index in [9.17, 15) is 9.59 Å². The van der Waals surface area contributed by atoms with Crippen LogP contribution in [0.1, 0.15) is 24.5 Å². The highest BCUT2D eigenvalue weighted by Crippen LogP contribution is 2.51. The van der Waals surface area contributed by atoms with E-state index < -0.39 is 12.1 Å². The van der Waals surface area contributed by atoms with E-state index in [4.69, 9.17) is 4.74 Å². The van der Waals surface area contributed by atoms with Crippen molar-refractivity contribution in [2.75, 3.05) is 32.6 Å². The number of nitrogens with one attached hydrogen (secondary N) is 1. The van der Waals surface area contributed by atoms with Gasteiger partial charge in [-0.2, -0.15) is 0 Å². The molecule has 0 radical (unpaired) electrons. The van der Waals surface area contributed by atoms with Gasteiger partial charge in [-0.1, -0.05) is 37.3 Å². The van der Waals surface area contributed by atoms with Crippen LogP contribution in [0.2, 0.25) is 0 Å². The third kappa shape index (κ3) is 3.39. The van der Waals surface area contributed by atoms with Crippen molar-refractivity contribution in [1.82, 2.24) is 15.1 Å². The number of likely N-dealkylation sites (tertiary alicyclic amines) is 1. The van der Waals surface area contributed by atoms with Gasteiger partial charge in [0.25, 0.3) is 0 Å². The van der Waals surface area contributed by atoms with Gasteiger partial charge in [-0.25, -0.2) is 14.5 Å². The minimum absolute atomic E-state index is 0.0137. The quantitative estimate of drug-likeness (QED) is 0.843. The average Bonchev–Trinajstić information content (AvgIpc) is 3.17. The Morgan fingerprint density at radius 1 is 1.20 bits per heavy atom. The molecule has 0 spiro atoms. The summed E-state index contributed by atoms with van der Waals surface area (Å²) < 4.78 is 5.52. The van der Waals surface area contributed by atoms with Crippen LogP contribution in [0.3, 0.4) is 0 Å². The second-order valence-corrected chi connectivity index (χ2v) is 8.38. The Labute approximate surface area is 177 Å². The Morgan fingerprint density at radius 3 is 2.67 bits per heavy atom. The molecular weight excluding hydrogens is 380 g/mol. The second-order valence-electron chi connectivity index (χ2n) is 8.38. The van der Waals surface area contributed by atoms with Crippen molar-refractivity contribution in [3.63, 3.8) is 0 Å². The van der Waals surface area contributed by atoms with E-state index in [1.54, 1.807) is 6.07 Å². The van der Waals surface area contributed by atoms with Crippen LogP contribution in [0, 0.1) is 0 Å². The Morgan fingerprint density at radius 2 is 1.93 bits per heavy atom. The number of urea groups is 1. The SMILES string of the molecule is CN(C(=O)NCc1ccccc1)C(=O)Oc1ccc2c(c1)[C@]1(C)CCN(C)C1N2C. The maximum atomic E-state index is 12.5. The molecule has 0 aliphatic carbocycles. The van der Waals surface area contributed by atoms with Crippen molar-refractivity contribution in [2.45, 2.75) is 31.5 Å². The number of rotatable bonds is 3. The predicted octanol–water partition coefficient (Wildman–Crippen LogP) is 3.40. The monoisotopic (exact) mass is 408 g/mol. The molecule has 7 heteroatoms. The molecule has 0 saturated carbocycles. The first-order valence-electron chi connectivity index (χ1n) is 10.2. The van der Waals surface area contributed by atoms with Gasteiger partial charge in [0.2, 0.25) is 0 Å². The zero-order chi connectivity index (χ0) is 21.5. The summed E-state index contributed by atoms with van der Waals surface area (Å²) >= 11 is 0. The molecule has 4 rings (SSSR count). The molecule has 0 bridgehead atoms. The molecule has 2 aromatic rings. The van der Waals surface area contributed by atoms with Crippen molar-refractivity contribution in [1.29, 1.82) is 0 Å². The van der Waals surface area contributed by atoms with Crippen molar-refractivity contribution < 1.29 is 14.3 Å². The number of imide groups is 1. The number of nitrogens with zero attached hydrogens (tertiary/aromatic N) is 3. The lowest BCUT2D eigenvalue weighted by atomic mass is 9.81. The van der Waals surface area contributed by atoms with Crippen molar-refractivity contribution >= 4 is 17.8 Å². The summed E-state index contributed by atoms with van der Waals surface area (Å²) in [7, 11) is 5.66. The van der Waals surface area contributed by atoms with Gasteiger partial charge in [0, 0.05) is 38.3 Å². The van der Waals surface area contributed by atoms with E-state index in [-0.39, 0.29) is 5.41 Å². The van der Waals surface area contributed by atoms with Crippen LogP contribution in [0.25, 0.3) is 0 Å². The topological polar surface area (TPSA) is 65.1 Å². The Bertz CT molecular complexity index is 964. The number of hydrogen-bond acceptors (Lipinski definition) is 5. The fourth-order valence-corrected chi connectivity index (χ4v) is 4.76. The number of ether oxygens (including phenoxy) is 1. The maximum absolute atomic E-state index is 12.5. The van der Waals surface area contributed by atoms with Crippen LogP contribution in [-0.4, -0.2) is 55.8 Å². The minimum atomic E-state index is -0.711. The molecule has 2 aromatic carbocycles. The molecule has 1 fully saturated rings. The fourth-order valence-electron chi connectivity index (χ4n) is 4.76. The number of amides is 3. The van der Waals surface area contributed by atoms with Crippen LogP contribution >= 0.6 is 0 Å². The first-order valence-corrected chi connectivity index (χ1v) is 10.2. The fraction of sp³-hybridized carbons (Fsp3) is 0.391. The molecule has 30 heavy (non-hydrogen) atoms. The lowest BCUT2D eigenvalue weighted by molar-refractivity contribution is 0.162. The van der Waals surface area contributed by atoms with E-state index in [0.29, 0.717) is 18.5 Å². The summed E-state index contributed by atoms with van der Waals surface area (Å²) in [4.78, 5) is 30.4. The van der Waals surface area contributed by atoms with Crippen LogP contribution in [0.15, 0.2) is 48.5 Å².